The van der Waals surface area contributed by atoms with E-state index in [1.807, 2.05) is 62.4 Å². The zero-order chi connectivity index (χ0) is 25.3. The second-order valence-corrected chi connectivity index (χ2v) is 10.5. The molecule has 2 aromatic carbocycles. The maximum absolute atomic E-state index is 11.5. The Bertz CT molecular complexity index is 1700. The number of pyridine rings is 1. The lowest BCUT2D eigenvalue weighted by atomic mass is 10.0. The summed E-state index contributed by atoms with van der Waals surface area (Å²) in [4.78, 5) is 16.0. The van der Waals surface area contributed by atoms with Gasteiger partial charge in [0, 0.05) is 60.6 Å². The topological polar surface area (TPSA) is 101 Å². The van der Waals surface area contributed by atoms with E-state index in [-0.39, 0.29) is 0 Å². The molecule has 0 amide bonds. The molecule has 0 unspecified atom stereocenters. The fourth-order valence-corrected chi connectivity index (χ4v) is 4.82. The zero-order valence-electron chi connectivity index (χ0n) is 20.4. The van der Waals surface area contributed by atoms with E-state index in [2.05, 4.69) is 20.7 Å². The number of aromatic nitrogens is 2. The van der Waals surface area contributed by atoms with Crippen LogP contribution in [0.4, 0.5) is 11.4 Å². The number of sulfonamides is 1. The van der Waals surface area contributed by atoms with Crippen LogP contribution in [-0.4, -0.2) is 44.3 Å². The number of nitrogens with zero attached hydrogens (tertiary/aromatic N) is 4. The number of aryl methyl sites for hydroxylation is 1. The number of anilines is 1. The molecular weight excluding hydrogens is 474 g/mol. The van der Waals surface area contributed by atoms with Gasteiger partial charge in [0.1, 0.15) is 11.2 Å². The first-order chi connectivity index (χ1) is 17.3. The first-order valence-electron chi connectivity index (χ1n) is 11.7. The first-order valence-corrected chi connectivity index (χ1v) is 13.6. The molecule has 8 nitrogen and oxygen atoms in total. The van der Waals surface area contributed by atoms with E-state index in [1.165, 1.54) is 0 Å². The molecule has 0 saturated heterocycles. The van der Waals surface area contributed by atoms with Crippen molar-refractivity contribution in [1.29, 1.82) is 0 Å². The molecule has 0 atom stereocenters. The standard InChI is InChI=1S/C27H27N5O3S/c1-4-32(14-13-29-36(3,33)34)20-15-18(2)26-24(16-20)35-25-17-23(30-19-9-11-28-12-10-19)21-7-5-6-8-22(21)27(25)31-26/h5-12,15-17,29H,4,13-14H2,1-3H3. The van der Waals surface area contributed by atoms with Gasteiger partial charge in [0.15, 0.2) is 11.3 Å². The Kier molecular flexibility index (Phi) is 6.42. The molecule has 0 fully saturated rings. The molecule has 1 aromatic heterocycles. The summed E-state index contributed by atoms with van der Waals surface area (Å²) in [5, 5.41) is 2.76. The van der Waals surface area contributed by atoms with Crippen LogP contribution in [0, 0.1) is 6.92 Å². The van der Waals surface area contributed by atoms with Crippen LogP contribution in [0.3, 0.4) is 0 Å². The Morgan fingerprint density at radius 1 is 1.06 bits per heavy atom. The fourth-order valence-electron chi connectivity index (χ4n) is 4.36. The number of likely N-dealkylation sites (N-methyl/N-ethyl adjacent to an activating group) is 1. The van der Waals surface area contributed by atoms with Crippen LogP contribution in [0.5, 0.6) is 0 Å². The van der Waals surface area contributed by atoms with Crippen molar-refractivity contribution < 1.29 is 12.8 Å². The van der Waals surface area contributed by atoms with Crippen LogP contribution in [0.2, 0.25) is 0 Å². The molecule has 0 radical (unpaired) electrons. The van der Waals surface area contributed by atoms with E-state index in [0.29, 0.717) is 24.4 Å². The Balaban J connectivity index is 1.66. The lowest BCUT2D eigenvalue weighted by molar-refractivity contribution is 0.587. The third-order valence-electron chi connectivity index (χ3n) is 6.06. The van der Waals surface area contributed by atoms with Gasteiger partial charge in [-0.3, -0.25) is 4.98 Å². The number of fused-ring (bicyclic) bond motifs is 4. The van der Waals surface area contributed by atoms with Crippen molar-refractivity contribution in [1.82, 2.24) is 14.7 Å². The van der Waals surface area contributed by atoms with Crippen molar-refractivity contribution in [3.63, 3.8) is 0 Å². The normalized spacial score (nSPS) is 12.6. The van der Waals surface area contributed by atoms with Gasteiger partial charge in [-0.2, -0.15) is 0 Å². The fraction of sp³-hybridized carbons (Fsp3) is 0.222. The molecule has 2 aliphatic rings. The summed E-state index contributed by atoms with van der Waals surface area (Å²) in [6, 6.07) is 17.8. The second-order valence-electron chi connectivity index (χ2n) is 8.67. The minimum absolute atomic E-state index is 0.322. The average Bonchev–Trinajstić information content (AvgIpc) is 2.86. The predicted octanol–water partition coefficient (Wildman–Crippen LogP) is 4.40. The van der Waals surface area contributed by atoms with Crippen molar-refractivity contribution in [3.05, 3.63) is 77.9 Å². The summed E-state index contributed by atoms with van der Waals surface area (Å²) in [6.07, 6.45) is 4.60. The summed E-state index contributed by atoms with van der Waals surface area (Å²) in [5.41, 5.74) is 4.98. The summed E-state index contributed by atoms with van der Waals surface area (Å²) >= 11 is 0. The summed E-state index contributed by atoms with van der Waals surface area (Å²) in [7, 11) is -3.24. The summed E-state index contributed by atoms with van der Waals surface area (Å²) in [6.45, 7) is 5.63. The first kappa shape index (κ1) is 23.9. The van der Waals surface area contributed by atoms with E-state index in [4.69, 9.17) is 14.4 Å². The van der Waals surface area contributed by atoms with Gasteiger partial charge in [-0.1, -0.05) is 24.3 Å². The molecule has 9 heteroatoms. The molecule has 5 rings (SSSR count). The molecule has 0 spiro atoms. The van der Waals surface area contributed by atoms with Gasteiger partial charge < -0.3 is 9.32 Å². The molecule has 36 heavy (non-hydrogen) atoms. The molecular formula is C27H27N5O3S. The van der Waals surface area contributed by atoms with Gasteiger partial charge in [0.25, 0.3) is 0 Å². The Hall–Kier alpha value is -3.82. The van der Waals surface area contributed by atoms with E-state index in [1.54, 1.807) is 12.4 Å². The van der Waals surface area contributed by atoms with Crippen LogP contribution in [-0.2, 0) is 10.0 Å². The molecule has 0 saturated carbocycles. The zero-order valence-corrected chi connectivity index (χ0v) is 21.2. The molecule has 0 bridgehead atoms. The van der Waals surface area contributed by atoms with Gasteiger partial charge in [0.05, 0.1) is 17.3 Å². The maximum atomic E-state index is 11.5. The Morgan fingerprint density at radius 2 is 1.81 bits per heavy atom. The molecule has 3 aromatic rings. The number of nitrogens with one attached hydrogen (secondary N) is 1. The number of benzene rings is 3. The molecule has 2 heterocycles. The Labute approximate surface area is 209 Å². The van der Waals surface area contributed by atoms with Crippen molar-refractivity contribution in [3.8, 4) is 11.5 Å². The van der Waals surface area contributed by atoms with Crippen LogP contribution in [0.15, 0.2) is 76.4 Å². The largest absolute Gasteiger partial charge is 0.453 e. The quantitative estimate of drug-likeness (QED) is 0.262. The summed E-state index contributed by atoms with van der Waals surface area (Å²) < 4.78 is 31.9. The third-order valence-corrected chi connectivity index (χ3v) is 6.79. The van der Waals surface area contributed by atoms with Crippen molar-refractivity contribution >= 4 is 43.3 Å². The van der Waals surface area contributed by atoms with E-state index >= 15 is 0 Å². The van der Waals surface area contributed by atoms with Crippen LogP contribution >= 0.6 is 0 Å². The minimum atomic E-state index is -3.24. The lowest BCUT2D eigenvalue weighted by Gasteiger charge is -2.24. The smallest absolute Gasteiger partial charge is 0.208 e. The van der Waals surface area contributed by atoms with Crippen LogP contribution < -0.4 is 15.0 Å². The molecule has 1 aliphatic carbocycles. The lowest BCUT2D eigenvalue weighted by Crippen LogP contribution is -2.34. The number of rotatable bonds is 7. The van der Waals surface area contributed by atoms with Crippen molar-refractivity contribution in [2.24, 2.45) is 4.99 Å². The SMILES string of the molecule is CCN(CCNS(C)(=O)=O)c1cc(C)c2nc3c4ccccc4c(=Nc4ccncc4)cc-3oc2c1. The van der Waals surface area contributed by atoms with Gasteiger partial charge >= 0.3 is 0 Å². The average molecular weight is 502 g/mol. The maximum Gasteiger partial charge on any atom is 0.208 e. The van der Waals surface area contributed by atoms with Crippen LogP contribution in [0.1, 0.15) is 12.5 Å². The monoisotopic (exact) mass is 501 g/mol. The van der Waals surface area contributed by atoms with E-state index < -0.39 is 10.0 Å². The Morgan fingerprint density at radius 3 is 2.53 bits per heavy atom. The third kappa shape index (κ3) is 4.93. The van der Waals surface area contributed by atoms with Gasteiger partial charge in [0.2, 0.25) is 10.0 Å². The minimum Gasteiger partial charge on any atom is -0.453 e. The van der Waals surface area contributed by atoms with Gasteiger partial charge in [-0.15, -0.1) is 0 Å². The number of hydrogen-bond donors (Lipinski definition) is 1. The van der Waals surface area contributed by atoms with Crippen molar-refractivity contribution in [2.75, 3.05) is 30.8 Å². The molecule has 1 aliphatic heterocycles. The molecule has 184 valence electrons. The van der Waals surface area contributed by atoms with Gasteiger partial charge in [-0.05, 0) is 37.6 Å². The highest BCUT2D eigenvalue weighted by atomic mass is 32.2. The second kappa shape index (κ2) is 9.67. The van der Waals surface area contributed by atoms with Gasteiger partial charge in [-0.25, -0.2) is 23.1 Å². The number of hydrogen-bond acceptors (Lipinski definition) is 7. The van der Waals surface area contributed by atoms with E-state index in [9.17, 15) is 8.42 Å². The highest BCUT2D eigenvalue weighted by Gasteiger charge is 2.17. The van der Waals surface area contributed by atoms with E-state index in [0.717, 1.165) is 57.1 Å². The van der Waals surface area contributed by atoms with Crippen LogP contribution in [0.25, 0.3) is 33.3 Å². The predicted molar refractivity (Wildman–Crippen MR) is 143 cm³/mol. The highest BCUT2D eigenvalue weighted by molar-refractivity contribution is 7.88. The highest BCUT2D eigenvalue weighted by Crippen LogP contribution is 2.33. The summed E-state index contributed by atoms with van der Waals surface area (Å²) in [5.74, 6) is 0.646. The van der Waals surface area contributed by atoms with Crippen molar-refractivity contribution in [2.45, 2.75) is 13.8 Å². The molecule has 1 N–H and O–H groups in total.